The quantitative estimate of drug-likeness (QED) is 0.0413. The van der Waals surface area contributed by atoms with Gasteiger partial charge in [0.1, 0.15) is 18.6 Å². The summed E-state index contributed by atoms with van der Waals surface area (Å²) in [6, 6.07) is -3.17. The Balaban J connectivity index is 5.43. The van der Waals surface area contributed by atoms with Gasteiger partial charge in [-0.3, -0.25) is 34.2 Å². The molecular weight excluding hydrogens is 502 g/mol. The average Bonchev–Trinajstić information content (AvgIpc) is 2.83. The Morgan fingerprint density at radius 2 is 1.03 bits per heavy atom. The van der Waals surface area contributed by atoms with Gasteiger partial charge in [0, 0.05) is 19.6 Å². The molecule has 3 unspecified atom stereocenters. The van der Waals surface area contributed by atoms with Crippen molar-refractivity contribution in [2.45, 2.75) is 56.7 Å². The monoisotopic (exact) mass is 543 g/mol. The highest BCUT2D eigenvalue weighted by atomic mass is 16.4. The maximum Gasteiger partial charge on any atom is 0.322 e. The zero-order valence-corrected chi connectivity index (χ0v) is 21.3. The lowest BCUT2D eigenvalue weighted by Gasteiger charge is -2.24. The summed E-state index contributed by atoms with van der Waals surface area (Å²) in [5.74, 6) is -3.63. The lowest BCUT2D eigenvalue weighted by molar-refractivity contribution is -0.138. The molecule has 3 amide bonds. The fourth-order valence-corrected chi connectivity index (χ4v) is 3.03. The first kappa shape index (κ1) is 33.7. The van der Waals surface area contributed by atoms with Crippen molar-refractivity contribution in [3.8, 4) is 0 Å². The number of aliphatic imine (C=N–C) groups is 3. The molecule has 0 spiro atoms. The van der Waals surface area contributed by atoms with Gasteiger partial charge in [0.2, 0.25) is 17.7 Å². The third-order valence-electron chi connectivity index (χ3n) is 4.87. The number of carbonyl (C=O) groups is 4. The molecule has 0 aliphatic heterocycles. The van der Waals surface area contributed by atoms with Crippen molar-refractivity contribution in [3.63, 3.8) is 0 Å². The van der Waals surface area contributed by atoms with Gasteiger partial charge in [0.25, 0.3) is 0 Å². The lowest BCUT2D eigenvalue weighted by atomic mass is 10.1. The Morgan fingerprint density at radius 3 is 1.45 bits per heavy atom. The average molecular weight is 544 g/mol. The van der Waals surface area contributed by atoms with E-state index in [0.29, 0.717) is 19.3 Å². The summed E-state index contributed by atoms with van der Waals surface area (Å²) in [4.78, 5) is 60.6. The van der Waals surface area contributed by atoms with Crippen LogP contribution in [0.2, 0.25) is 0 Å². The van der Waals surface area contributed by atoms with Crippen molar-refractivity contribution >= 4 is 41.6 Å². The van der Waals surface area contributed by atoms with Crippen LogP contribution in [0.3, 0.4) is 0 Å². The van der Waals surface area contributed by atoms with E-state index >= 15 is 0 Å². The van der Waals surface area contributed by atoms with Crippen LogP contribution in [-0.4, -0.2) is 91.0 Å². The molecule has 18 heteroatoms. The first-order valence-electron chi connectivity index (χ1n) is 11.9. The molecule has 3 atom stereocenters. The van der Waals surface area contributed by atoms with E-state index in [1.807, 2.05) is 0 Å². The predicted octanol–water partition coefficient (Wildman–Crippen LogP) is -5.36. The van der Waals surface area contributed by atoms with Gasteiger partial charge >= 0.3 is 5.97 Å². The van der Waals surface area contributed by atoms with Gasteiger partial charge in [-0.05, 0) is 38.5 Å². The van der Waals surface area contributed by atoms with Gasteiger partial charge in [-0.2, -0.15) is 0 Å². The number of amides is 3. The number of hydrogen-bond acceptors (Lipinski definition) is 8. The number of carboxylic acids is 1. The summed E-state index contributed by atoms with van der Waals surface area (Å²) in [5.41, 5.74) is 37.7. The number of carboxylic acid groups (broad SMARTS) is 1. The summed E-state index contributed by atoms with van der Waals surface area (Å²) < 4.78 is 0. The van der Waals surface area contributed by atoms with E-state index in [4.69, 9.17) is 45.2 Å². The molecule has 18 nitrogen and oxygen atoms in total. The largest absolute Gasteiger partial charge is 0.480 e. The third kappa shape index (κ3) is 17.1. The molecule has 0 rings (SSSR count). The number of carbonyl (C=O) groups excluding carboxylic acids is 3. The van der Waals surface area contributed by atoms with E-state index in [2.05, 4.69) is 30.9 Å². The van der Waals surface area contributed by atoms with Crippen molar-refractivity contribution in [1.29, 1.82) is 0 Å². The Hall–Kier alpha value is -4.35. The highest BCUT2D eigenvalue weighted by Gasteiger charge is 2.28. The van der Waals surface area contributed by atoms with Crippen LogP contribution in [0.1, 0.15) is 38.5 Å². The number of nitrogens with two attached hydrogens (primary N) is 7. The second kappa shape index (κ2) is 18.9. The van der Waals surface area contributed by atoms with Gasteiger partial charge in [0.05, 0.1) is 6.04 Å². The van der Waals surface area contributed by atoms with Crippen molar-refractivity contribution in [2.75, 3.05) is 26.2 Å². The molecule has 38 heavy (non-hydrogen) atoms. The van der Waals surface area contributed by atoms with Gasteiger partial charge < -0.3 is 61.2 Å². The van der Waals surface area contributed by atoms with E-state index < -0.39 is 48.4 Å². The van der Waals surface area contributed by atoms with Crippen LogP contribution in [0.5, 0.6) is 0 Å². The summed E-state index contributed by atoms with van der Waals surface area (Å²) in [6.07, 6.45) is 1.49. The van der Waals surface area contributed by atoms with E-state index in [0.717, 1.165) is 0 Å². The zero-order chi connectivity index (χ0) is 29.1. The first-order chi connectivity index (χ1) is 17.8. The van der Waals surface area contributed by atoms with E-state index in [9.17, 15) is 19.2 Å². The Bertz CT molecular complexity index is 865. The zero-order valence-electron chi connectivity index (χ0n) is 21.3. The third-order valence-corrected chi connectivity index (χ3v) is 4.87. The maximum atomic E-state index is 13.1. The number of rotatable bonds is 19. The van der Waals surface area contributed by atoms with Gasteiger partial charge in [-0.15, -0.1) is 0 Å². The van der Waals surface area contributed by atoms with Crippen LogP contribution in [0.4, 0.5) is 0 Å². The summed E-state index contributed by atoms with van der Waals surface area (Å²) in [6.45, 7) is -0.00683. The number of guanidine groups is 3. The molecule has 0 aromatic carbocycles. The van der Waals surface area contributed by atoms with Crippen LogP contribution >= 0.6 is 0 Å². The van der Waals surface area contributed by atoms with Crippen LogP contribution in [0.25, 0.3) is 0 Å². The SMILES string of the molecule is NC(N)=NCCCC(N)C(=O)NC(CCCN=C(N)N)C(=O)NC(CCCN=C(N)N)C(=O)NCC(=O)O. The van der Waals surface area contributed by atoms with Gasteiger partial charge in [-0.1, -0.05) is 0 Å². The molecular formula is C20H41N13O5. The minimum Gasteiger partial charge on any atom is -0.480 e. The molecule has 0 aromatic heterocycles. The normalized spacial score (nSPS) is 12.7. The summed E-state index contributed by atoms with van der Waals surface area (Å²) in [5, 5.41) is 16.2. The van der Waals surface area contributed by atoms with Crippen LogP contribution in [-0.2, 0) is 19.2 Å². The Labute approximate surface area is 220 Å². The number of aliphatic carboxylic acids is 1. The fraction of sp³-hybridized carbons (Fsp3) is 0.650. The molecule has 0 aliphatic carbocycles. The molecule has 0 fully saturated rings. The van der Waals surface area contributed by atoms with E-state index in [-0.39, 0.29) is 56.8 Å². The maximum absolute atomic E-state index is 13.1. The van der Waals surface area contributed by atoms with Crippen LogP contribution < -0.4 is 56.1 Å². The summed E-state index contributed by atoms with van der Waals surface area (Å²) >= 11 is 0. The smallest absolute Gasteiger partial charge is 0.322 e. The number of nitrogens with one attached hydrogen (secondary N) is 3. The molecule has 0 saturated carbocycles. The molecule has 0 aromatic rings. The fourth-order valence-electron chi connectivity index (χ4n) is 3.03. The van der Waals surface area contributed by atoms with Crippen molar-refractivity contribution in [1.82, 2.24) is 16.0 Å². The molecule has 0 saturated heterocycles. The Morgan fingerprint density at radius 1 is 0.632 bits per heavy atom. The minimum absolute atomic E-state index is 0.0826. The van der Waals surface area contributed by atoms with Crippen molar-refractivity contribution in [3.05, 3.63) is 0 Å². The molecule has 0 heterocycles. The molecule has 216 valence electrons. The van der Waals surface area contributed by atoms with Crippen molar-refractivity contribution in [2.24, 2.45) is 55.1 Å². The number of hydrogen-bond donors (Lipinski definition) is 11. The van der Waals surface area contributed by atoms with Crippen molar-refractivity contribution < 1.29 is 24.3 Å². The minimum atomic E-state index is -1.26. The molecule has 0 radical (unpaired) electrons. The van der Waals surface area contributed by atoms with E-state index in [1.54, 1.807) is 0 Å². The lowest BCUT2D eigenvalue weighted by Crippen LogP contribution is -2.56. The van der Waals surface area contributed by atoms with Crippen LogP contribution in [0.15, 0.2) is 15.0 Å². The standard InChI is InChI=1S/C20H41N13O5/c21-11(4-1-7-28-18(22)23)15(36)32-13(6-3-9-30-20(26)27)17(38)33-12(5-2-8-29-19(24)25)16(37)31-10-14(34)35/h11-13H,1-10,21H2,(H,31,37)(H,32,36)(H,33,38)(H,34,35)(H4,22,23,28)(H4,24,25,29)(H4,26,27,30). The Kier molecular flexibility index (Phi) is 16.7. The second-order valence-electron chi connectivity index (χ2n) is 8.19. The molecule has 18 N–H and O–H groups in total. The van der Waals surface area contributed by atoms with E-state index in [1.165, 1.54) is 0 Å². The number of nitrogens with zero attached hydrogens (tertiary/aromatic N) is 3. The topological polar surface area (TPSA) is 344 Å². The predicted molar refractivity (Wildman–Crippen MR) is 142 cm³/mol. The summed E-state index contributed by atoms with van der Waals surface area (Å²) in [7, 11) is 0. The second-order valence-corrected chi connectivity index (χ2v) is 8.19. The molecule has 0 bridgehead atoms. The highest BCUT2D eigenvalue weighted by Crippen LogP contribution is 2.05. The van der Waals surface area contributed by atoms with Gasteiger partial charge in [-0.25, -0.2) is 0 Å². The highest BCUT2D eigenvalue weighted by molar-refractivity contribution is 5.93. The van der Waals surface area contributed by atoms with Gasteiger partial charge in [0.15, 0.2) is 17.9 Å². The molecule has 0 aliphatic rings. The first-order valence-corrected chi connectivity index (χ1v) is 11.9. The van der Waals surface area contributed by atoms with Crippen LogP contribution in [0, 0.1) is 0 Å².